The van der Waals surface area contributed by atoms with E-state index in [9.17, 15) is 0 Å². The van der Waals surface area contributed by atoms with E-state index in [4.69, 9.17) is 5.11 Å². The lowest BCUT2D eigenvalue weighted by Crippen LogP contribution is -2.19. The summed E-state index contributed by atoms with van der Waals surface area (Å²) in [6.45, 7) is 5.62. The Morgan fingerprint density at radius 1 is 1.06 bits per heavy atom. The maximum absolute atomic E-state index is 8.06. The van der Waals surface area contributed by atoms with Gasteiger partial charge in [-0.2, -0.15) is 5.10 Å². The van der Waals surface area contributed by atoms with E-state index in [1.54, 1.807) is 20.2 Å². The van der Waals surface area contributed by atoms with E-state index in [1.165, 1.54) is 43.1 Å². The Morgan fingerprint density at radius 2 is 1.74 bits per heavy atom. The van der Waals surface area contributed by atoms with Crippen LogP contribution in [0.1, 0.15) is 57.4 Å². The zero-order valence-corrected chi connectivity index (χ0v) is 18.4. The van der Waals surface area contributed by atoms with Crippen molar-refractivity contribution in [2.45, 2.75) is 58.0 Å². The van der Waals surface area contributed by atoms with Gasteiger partial charge < -0.3 is 10.0 Å². The van der Waals surface area contributed by atoms with Crippen molar-refractivity contribution < 1.29 is 5.11 Å². The van der Waals surface area contributed by atoms with Gasteiger partial charge in [-0.25, -0.2) is 14.6 Å². The second-order valence-corrected chi connectivity index (χ2v) is 9.02. The second-order valence-electron chi connectivity index (χ2n) is 9.02. The number of terminal acetylenes is 1. The highest BCUT2D eigenvalue weighted by Crippen LogP contribution is 2.75. The Bertz CT molecular complexity index is 1060. The fourth-order valence-electron chi connectivity index (χ4n) is 4.54. The third-order valence-corrected chi connectivity index (χ3v) is 6.36. The van der Waals surface area contributed by atoms with Gasteiger partial charge in [-0.05, 0) is 68.9 Å². The molecule has 6 rings (SSSR count). The first-order valence-electron chi connectivity index (χ1n) is 11.1. The Balaban J connectivity index is 0.000000350. The van der Waals surface area contributed by atoms with Crippen LogP contribution in [0, 0.1) is 18.3 Å². The van der Waals surface area contributed by atoms with Crippen LogP contribution in [0.3, 0.4) is 0 Å². The highest BCUT2D eigenvalue weighted by atomic mass is 16.3. The van der Waals surface area contributed by atoms with Gasteiger partial charge in [0.25, 0.3) is 0 Å². The molecule has 2 saturated carbocycles. The van der Waals surface area contributed by atoms with E-state index < -0.39 is 0 Å². The topological polar surface area (TPSA) is 67.1 Å². The summed E-state index contributed by atoms with van der Waals surface area (Å²) in [7, 11) is 0. The number of hydrogen-bond acceptors (Lipinski definition) is 5. The summed E-state index contributed by atoms with van der Waals surface area (Å²) < 4.78 is 1.97. The average molecular weight is 418 g/mol. The van der Waals surface area contributed by atoms with Crippen LogP contribution < -0.4 is 4.90 Å². The zero-order chi connectivity index (χ0) is 22.0. The molecule has 162 valence electrons. The zero-order valence-electron chi connectivity index (χ0n) is 18.4. The van der Waals surface area contributed by atoms with Gasteiger partial charge in [0, 0.05) is 30.6 Å². The van der Waals surface area contributed by atoms with E-state index in [-0.39, 0.29) is 6.10 Å². The van der Waals surface area contributed by atoms with Gasteiger partial charge in [-0.1, -0.05) is 12.1 Å². The molecular formula is C25H31N5O. The molecule has 6 heteroatoms. The number of aliphatic hydroxyl groups excluding tert-OH is 1. The number of aromatic nitrogens is 4. The van der Waals surface area contributed by atoms with Crippen LogP contribution in [0.15, 0.2) is 36.8 Å². The smallest absolute Gasteiger partial charge is 0.159 e. The molecule has 1 atom stereocenters. The van der Waals surface area contributed by atoms with Crippen molar-refractivity contribution in [2.75, 3.05) is 18.0 Å². The fourth-order valence-corrected chi connectivity index (χ4v) is 4.54. The Hall–Kier alpha value is -2.91. The van der Waals surface area contributed by atoms with Crippen molar-refractivity contribution in [3.63, 3.8) is 0 Å². The Kier molecular flexibility index (Phi) is 5.97. The van der Waals surface area contributed by atoms with Crippen LogP contribution in [0.4, 0.5) is 5.82 Å². The van der Waals surface area contributed by atoms with Crippen LogP contribution in [-0.2, 0) is 0 Å². The number of aliphatic hydroxyl groups is 1. The van der Waals surface area contributed by atoms with E-state index >= 15 is 0 Å². The maximum Gasteiger partial charge on any atom is 0.159 e. The molecule has 2 aliphatic carbocycles. The minimum absolute atomic E-state index is 0.167. The summed E-state index contributed by atoms with van der Waals surface area (Å²) in [6.07, 6.45) is 18.1. The van der Waals surface area contributed by atoms with Gasteiger partial charge in [0.1, 0.15) is 12.1 Å². The first kappa shape index (κ1) is 21.3. The van der Waals surface area contributed by atoms with Crippen molar-refractivity contribution in [3.05, 3.63) is 42.4 Å². The molecule has 1 N–H and O–H groups in total. The summed E-state index contributed by atoms with van der Waals surface area (Å²) in [4.78, 5) is 11.3. The van der Waals surface area contributed by atoms with Crippen molar-refractivity contribution in [3.8, 4) is 18.7 Å². The number of rotatable bonds is 3. The molecule has 3 aromatic rings. The number of benzene rings is 1. The van der Waals surface area contributed by atoms with Gasteiger partial charge >= 0.3 is 0 Å². The highest BCUT2D eigenvalue weighted by molar-refractivity contribution is 5.81. The molecule has 3 heterocycles. The number of nitrogens with zero attached hydrogens (tertiary/aromatic N) is 5. The molecule has 1 saturated heterocycles. The molecule has 0 radical (unpaired) electrons. The monoisotopic (exact) mass is 417 g/mol. The van der Waals surface area contributed by atoms with Gasteiger partial charge in [0.15, 0.2) is 5.82 Å². The normalized spacial score (nSPS) is 20.2. The third kappa shape index (κ3) is 4.42. The quantitative estimate of drug-likeness (QED) is 0.643. The van der Waals surface area contributed by atoms with Gasteiger partial charge in [-0.15, -0.1) is 12.8 Å². The molecule has 3 fully saturated rings. The van der Waals surface area contributed by atoms with E-state index in [0.29, 0.717) is 5.41 Å². The first-order valence-corrected chi connectivity index (χ1v) is 11.1. The number of hydrogen-bond donors (Lipinski definition) is 1. The lowest BCUT2D eigenvalue weighted by Gasteiger charge is -2.16. The molecule has 3 aliphatic rings. The molecule has 0 amide bonds. The summed E-state index contributed by atoms with van der Waals surface area (Å²) >= 11 is 0. The molecule has 1 unspecified atom stereocenters. The predicted molar refractivity (Wildman–Crippen MR) is 124 cm³/mol. The Morgan fingerprint density at radius 3 is 2.39 bits per heavy atom. The average Bonchev–Trinajstić information content (AvgIpc) is 3.55. The predicted octanol–water partition coefficient (Wildman–Crippen LogP) is 4.32. The van der Waals surface area contributed by atoms with Crippen molar-refractivity contribution in [1.29, 1.82) is 0 Å². The van der Waals surface area contributed by atoms with Crippen molar-refractivity contribution in [1.82, 2.24) is 19.7 Å². The lowest BCUT2D eigenvalue weighted by molar-refractivity contribution is 0.216. The third-order valence-electron chi connectivity index (χ3n) is 6.36. The summed E-state index contributed by atoms with van der Waals surface area (Å²) in [6, 6.07) is 8.91. The molecule has 1 spiro atoms. The van der Waals surface area contributed by atoms with E-state index in [1.807, 2.05) is 10.9 Å². The van der Waals surface area contributed by atoms with Crippen LogP contribution >= 0.6 is 0 Å². The molecular weight excluding hydrogens is 386 g/mol. The molecule has 0 bridgehead atoms. The van der Waals surface area contributed by atoms with Crippen molar-refractivity contribution in [2.24, 2.45) is 5.41 Å². The number of fused-ring (bicyclic) bond motifs is 1. The van der Waals surface area contributed by atoms with E-state index in [2.05, 4.69) is 57.1 Å². The van der Waals surface area contributed by atoms with Crippen LogP contribution in [0.5, 0.6) is 0 Å². The lowest BCUT2D eigenvalue weighted by atomic mass is 10.1. The number of anilines is 1. The van der Waals surface area contributed by atoms with Gasteiger partial charge in [0.05, 0.1) is 11.7 Å². The maximum atomic E-state index is 8.06. The molecule has 2 aromatic heterocycles. The largest absolute Gasteiger partial charge is 0.394 e. The molecule has 6 nitrogen and oxygen atoms in total. The summed E-state index contributed by atoms with van der Waals surface area (Å²) in [5.41, 5.74) is 3.31. The van der Waals surface area contributed by atoms with Gasteiger partial charge in [-0.3, -0.25) is 0 Å². The molecule has 1 aliphatic heterocycles. The molecule has 31 heavy (non-hydrogen) atoms. The fraction of sp³-hybridized carbons (Fsp3) is 0.480. The standard InChI is InChI=1S/C20H21N5.C3H8O.C2H2/c1-2-8-24(7-1)18-10-19(22-13-21-18)25-17-9-14(3-4-15(17)12-23-25)16-11-20(16)5-6-20;1-3(2)4;1-2/h3-4,9-10,12-13,16H,1-2,5-8,11H2;3-4H,1-2H3;1-2H. The SMILES string of the molecule is C#C.CC(C)O.c1nc(N2CCCC2)cc(-n2ncc3ccc(C4CC45CC5)cc32)n1. The van der Waals surface area contributed by atoms with Crippen LogP contribution in [0.25, 0.3) is 16.7 Å². The minimum atomic E-state index is -0.167. The van der Waals surface area contributed by atoms with E-state index in [0.717, 1.165) is 36.2 Å². The second kappa shape index (κ2) is 8.68. The summed E-state index contributed by atoms with van der Waals surface area (Å²) in [5.74, 6) is 2.65. The summed E-state index contributed by atoms with van der Waals surface area (Å²) in [5, 5.41) is 13.8. The van der Waals surface area contributed by atoms with Gasteiger partial charge in [0.2, 0.25) is 0 Å². The Labute approximate surface area is 184 Å². The van der Waals surface area contributed by atoms with Crippen molar-refractivity contribution >= 4 is 16.7 Å². The first-order chi connectivity index (χ1) is 15.1. The molecule has 1 aromatic carbocycles. The van der Waals surface area contributed by atoms with Crippen LogP contribution in [-0.4, -0.2) is 44.0 Å². The van der Waals surface area contributed by atoms with Crippen LogP contribution in [0.2, 0.25) is 0 Å². The highest BCUT2D eigenvalue weighted by Gasteiger charge is 2.62. The minimum Gasteiger partial charge on any atom is -0.394 e.